The van der Waals surface area contributed by atoms with Gasteiger partial charge in [0.2, 0.25) is 0 Å². The van der Waals surface area contributed by atoms with Crippen molar-refractivity contribution in [3.05, 3.63) is 87.7 Å². The van der Waals surface area contributed by atoms with Crippen LogP contribution in [-0.4, -0.2) is 20.3 Å². The molecule has 4 rings (SSSR count). The summed E-state index contributed by atoms with van der Waals surface area (Å²) in [7, 11) is 2.93. The Balaban J connectivity index is 1.66. The number of ether oxygens (including phenoxy) is 2. The maximum Gasteiger partial charge on any atom is 0.362 e. The topological polar surface area (TPSA) is 102 Å². The average molecular weight is 480 g/mol. The summed E-state index contributed by atoms with van der Waals surface area (Å²) in [5.74, 6) is 0.733. The van der Waals surface area contributed by atoms with E-state index >= 15 is 0 Å². The normalized spacial score (nSPS) is 10.6. The van der Waals surface area contributed by atoms with E-state index in [1.807, 2.05) is 36.4 Å². The van der Waals surface area contributed by atoms with Crippen molar-refractivity contribution in [3.63, 3.8) is 0 Å². The van der Waals surface area contributed by atoms with Crippen LogP contribution in [-0.2, 0) is 6.54 Å². The fraction of sp³-hybridized carbons (Fsp3) is 0.120. The number of carbonyl (C=O) groups is 1. The first-order chi connectivity index (χ1) is 16.5. The van der Waals surface area contributed by atoms with Crippen LogP contribution in [0.15, 0.2) is 75.9 Å². The van der Waals surface area contributed by atoms with E-state index in [1.54, 1.807) is 24.3 Å². The lowest BCUT2D eigenvalue weighted by Crippen LogP contribution is -2.24. The summed E-state index contributed by atoms with van der Waals surface area (Å²) in [6.07, 6.45) is 0. The van der Waals surface area contributed by atoms with E-state index in [1.165, 1.54) is 20.3 Å². The molecular weight excluding hydrogens is 458 g/mol. The van der Waals surface area contributed by atoms with Crippen molar-refractivity contribution >= 4 is 45.7 Å². The van der Waals surface area contributed by atoms with Gasteiger partial charge in [-0.15, -0.1) is 0 Å². The number of methoxy groups -OCH3 is 2. The Morgan fingerprint density at radius 3 is 2.35 bits per heavy atom. The Labute approximate surface area is 200 Å². The number of amides is 2. The summed E-state index contributed by atoms with van der Waals surface area (Å²) in [6.45, 7) is 0.437. The predicted molar refractivity (Wildman–Crippen MR) is 133 cm³/mol. The van der Waals surface area contributed by atoms with E-state index in [-0.39, 0.29) is 10.7 Å². The summed E-state index contributed by atoms with van der Waals surface area (Å²) in [5, 5.41) is 9.46. The second kappa shape index (κ2) is 10.2. The number of para-hydroxylation sites is 1. The SMILES string of the molecule is COc1cc(OC)c(NC(=O)Nc2c(NCc3ccccc3)c3ccccc3oc2=O)cc1Cl. The second-order valence-corrected chi connectivity index (χ2v) is 7.65. The number of nitrogens with one attached hydrogen (secondary N) is 3. The Kier molecular flexibility index (Phi) is 6.89. The van der Waals surface area contributed by atoms with E-state index in [4.69, 9.17) is 25.5 Å². The van der Waals surface area contributed by atoms with Crippen LogP contribution < -0.4 is 31.0 Å². The number of rotatable bonds is 7. The summed E-state index contributed by atoms with van der Waals surface area (Å²) in [6, 6.07) is 19.2. The molecule has 0 fully saturated rings. The van der Waals surface area contributed by atoms with E-state index in [0.717, 1.165) is 5.56 Å². The first-order valence-electron chi connectivity index (χ1n) is 10.3. The number of fused-ring (bicyclic) bond motifs is 1. The Morgan fingerprint density at radius 2 is 1.62 bits per heavy atom. The van der Waals surface area contributed by atoms with Crippen LogP contribution in [0, 0.1) is 0 Å². The molecule has 34 heavy (non-hydrogen) atoms. The Hall–Kier alpha value is -4.17. The largest absolute Gasteiger partial charge is 0.495 e. The second-order valence-electron chi connectivity index (χ2n) is 7.24. The number of anilines is 3. The predicted octanol–water partition coefficient (Wildman–Crippen LogP) is 5.72. The third kappa shape index (κ3) is 4.92. The molecule has 3 N–H and O–H groups in total. The van der Waals surface area contributed by atoms with Crippen LogP contribution in [0.1, 0.15) is 5.56 Å². The summed E-state index contributed by atoms with van der Waals surface area (Å²) >= 11 is 6.19. The molecule has 0 saturated carbocycles. The molecule has 0 saturated heterocycles. The zero-order valence-electron chi connectivity index (χ0n) is 18.5. The number of hydrogen-bond donors (Lipinski definition) is 3. The highest BCUT2D eigenvalue weighted by Crippen LogP contribution is 2.36. The molecule has 0 unspecified atom stereocenters. The minimum Gasteiger partial charge on any atom is -0.495 e. The molecule has 9 heteroatoms. The highest BCUT2D eigenvalue weighted by Gasteiger charge is 2.19. The zero-order valence-corrected chi connectivity index (χ0v) is 19.2. The van der Waals surface area contributed by atoms with Gasteiger partial charge in [-0.2, -0.15) is 0 Å². The monoisotopic (exact) mass is 479 g/mol. The van der Waals surface area contributed by atoms with Gasteiger partial charge < -0.3 is 24.5 Å². The van der Waals surface area contributed by atoms with Crippen molar-refractivity contribution in [2.75, 3.05) is 30.2 Å². The van der Waals surface area contributed by atoms with Gasteiger partial charge in [-0.05, 0) is 23.8 Å². The maximum atomic E-state index is 12.9. The lowest BCUT2D eigenvalue weighted by Gasteiger charge is -2.16. The van der Waals surface area contributed by atoms with Crippen molar-refractivity contribution in [3.8, 4) is 11.5 Å². The van der Waals surface area contributed by atoms with Crippen LogP contribution in [0.2, 0.25) is 5.02 Å². The average Bonchev–Trinajstić information content (AvgIpc) is 2.84. The highest BCUT2D eigenvalue weighted by atomic mass is 35.5. The van der Waals surface area contributed by atoms with Gasteiger partial charge in [0.25, 0.3) is 0 Å². The zero-order chi connectivity index (χ0) is 24.1. The van der Waals surface area contributed by atoms with Gasteiger partial charge in [0.15, 0.2) is 5.69 Å². The molecular formula is C25H22ClN3O5. The van der Waals surface area contributed by atoms with Crippen molar-refractivity contribution in [2.45, 2.75) is 6.54 Å². The lowest BCUT2D eigenvalue weighted by molar-refractivity contribution is 0.262. The summed E-state index contributed by atoms with van der Waals surface area (Å²) in [5.41, 5.74) is 1.45. The van der Waals surface area contributed by atoms with E-state index < -0.39 is 11.7 Å². The molecule has 0 atom stereocenters. The van der Waals surface area contributed by atoms with Crippen LogP contribution >= 0.6 is 11.6 Å². The molecule has 0 bridgehead atoms. The van der Waals surface area contributed by atoms with Gasteiger partial charge in [0.05, 0.1) is 30.6 Å². The van der Waals surface area contributed by atoms with Gasteiger partial charge in [-0.3, -0.25) is 5.32 Å². The third-order valence-corrected chi connectivity index (χ3v) is 5.38. The number of hydrogen-bond acceptors (Lipinski definition) is 6. The maximum absolute atomic E-state index is 12.9. The van der Waals surface area contributed by atoms with Crippen molar-refractivity contribution < 1.29 is 18.7 Å². The van der Waals surface area contributed by atoms with E-state index in [9.17, 15) is 9.59 Å². The molecule has 3 aromatic carbocycles. The first-order valence-corrected chi connectivity index (χ1v) is 10.7. The molecule has 1 aromatic heterocycles. The molecule has 0 aliphatic rings. The molecule has 174 valence electrons. The molecule has 0 spiro atoms. The molecule has 1 heterocycles. The van der Waals surface area contributed by atoms with Gasteiger partial charge >= 0.3 is 11.7 Å². The smallest absolute Gasteiger partial charge is 0.362 e. The molecule has 4 aromatic rings. The minimum absolute atomic E-state index is 0.0225. The van der Waals surface area contributed by atoms with Gasteiger partial charge in [0.1, 0.15) is 17.1 Å². The Bertz CT molecular complexity index is 1390. The van der Waals surface area contributed by atoms with E-state index in [0.29, 0.717) is 40.4 Å². The molecule has 2 amide bonds. The lowest BCUT2D eigenvalue weighted by atomic mass is 10.1. The fourth-order valence-electron chi connectivity index (χ4n) is 3.46. The fourth-order valence-corrected chi connectivity index (χ4v) is 3.70. The quantitative estimate of drug-likeness (QED) is 0.293. The molecule has 8 nitrogen and oxygen atoms in total. The van der Waals surface area contributed by atoms with Crippen LogP contribution in [0.25, 0.3) is 11.0 Å². The standard InChI is InChI=1S/C25H22ClN3O5/c1-32-20-13-21(33-2)18(12-17(20)26)28-25(31)29-23-22(27-14-15-8-4-3-5-9-15)16-10-6-7-11-19(16)34-24(23)30/h3-13,27H,14H2,1-2H3,(H2,28,29,31). The van der Waals surface area contributed by atoms with Crippen molar-refractivity contribution in [1.29, 1.82) is 0 Å². The van der Waals surface area contributed by atoms with Crippen molar-refractivity contribution in [1.82, 2.24) is 0 Å². The molecule has 0 aliphatic carbocycles. The van der Waals surface area contributed by atoms with Crippen LogP contribution in [0.5, 0.6) is 11.5 Å². The number of urea groups is 1. The minimum atomic E-state index is -0.691. The number of benzene rings is 3. The molecule has 0 radical (unpaired) electrons. The number of carbonyl (C=O) groups excluding carboxylic acids is 1. The van der Waals surface area contributed by atoms with Crippen LogP contribution in [0.4, 0.5) is 21.9 Å². The highest BCUT2D eigenvalue weighted by molar-refractivity contribution is 6.32. The van der Waals surface area contributed by atoms with Gasteiger partial charge in [-0.1, -0.05) is 54.1 Å². The van der Waals surface area contributed by atoms with Crippen molar-refractivity contribution in [2.24, 2.45) is 0 Å². The summed E-state index contributed by atoms with van der Waals surface area (Å²) < 4.78 is 15.9. The van der Waals surface area contributed by atoms with E-state index in [2.05, 4.69) is 16.0 Å². The Morgan fingerprint density at radius 1 is 0.912 bits per heavy atom. The van der Waals surface area contributed by atoms with Gasteiger partial charge in [-0.25, -0.2) is 9.59 Å². The van der Waals surface area contributed by atoms with Crippen LogP contribution in [0.3, 0.4) is 0 Å². The molecule has 0 aliphatic heterocycles. The van der Waals surface area contributed by atoms with Gasteiger partial charge in [0, 0.05) is 18.0 Å². The third-order valence-electron chi connectivity index (χ3n) is 5.09. The number of halogens is 1. The first kappa shape index (κ1) is 23.0. The summed E-state index contributed by atoms with van der Waals surface area (Å²) in [4.78, 5) is 25.7.